The Labute approximate surface area is 97.9 Å². The molecule has 16 heavy (non-hydrogen) atoms. The molecular weight excluding hydrogens is 208 g/mol. The zero-order chi connectivity index (χ0) is 12.1. The molecule has 0 bridgehead atoms. The lowest BCUT2D eigenvalue weighted by molar-refractivity contribution is -0.213. The lowest BCUT2D eigenvalue weighted by atomic mass is 9.95. The van der Waals surface area contributed by atoms with Crippen molar-refractivity contribution in [2.45, 2.75) is 57.7 Å². The molecule has 0 aromatic rings. The minimum atomic E-state index is -0.464. The summed E-state index contributed by atoms with van der Waals surface area (Å²) in [5.74, 6) is 0.439. The summed E-state index contributed by atoms with van der Waals surface area (Å²) < 4.78 is 16.3. The summed E-state index contributed by atoms with van der Waals surface area (Å²) in [5, 5.41) is 9.51. The Balaban J connectivity index is 2.43. The van der Waals surface area contributed by atoms with Crippen LogP contribution in [0.15, 0.2) is 0 Å². The van der Waals surface area contributed by atoms with Crippen molar-refractivity contribution in [1.82, 2.24) is 0 Å². The molecule has 4 nitrogen and oxygen atoms in total. The van der Waals surface area contributed by atoms with E-state index in [0.29, 0.717) is 5.92 Å². The van der Waals surface area contributed by atoms with Crippen molar-refractivity contribution in [3.63, 3.8) is 0 Å². The maximum Gasteiger partial charge on any atom is 0.160 e. The summed E-state index contributed by atoms with van der Waals surface area (Å²) >= 11 is 0. The van der Waals surface area contributed by atoms with Gasteiger partial charge in [0.05, 0.1) is 18.3 Å². The number of hydrogen-bond donors (Lipinski definition) is 1. The van der Waals surface area contributed by atoms with Crippen LogP contribution in [0.3, 0.4) is 0 Å². The highest BCUT2D eigenvalue weighted by atomic mass is 16.7. The lowest BCUT2D eigenvalue weighted by Gasteiger charge is -2.35. The number of aliphatic hydroxyl groups is 1. The zero-order valence-electron chi connectivity index (χ0n) is 10.7. The molecule has 0 spiro atoms. The van der Waals surface area contributed by atoms with Crippen LogP contribution in [-0.4, -0.2) is 43.9 Å². The van der Waals surface area contributed by atoms with Crippen molar-refractivity contribution in [3.8, 4) is 0 Å². The number of ether oxygens (including phenoxy) is 3. The second kappa shape index (κ2) is 6.55. The van der Waals surface area contributed by atoms with Gasteiger partial charge in [0.25, 0.3) is 0 Å². The molecule has 0 saturated carbocycles. The van der Waals surface area contributed by atoms with Crippen LogP contribution in [0.25, 0.3) is 0 Å². The predicted octanol–water partition coefficient (Wildman–Crippen LogP) is 1.56. The van der Waals surface area contributed by atoms with Crippen molar-refractivity contribution >= 4 is 0 Å². The molecule has 0 aromatic carbocycles. The predicted molar refractivity (Wildman–Crippen MR) is 61.2 cm³/mol. The summed E-state index contributed by atoms with van der Waals surface area (Å²) in [7, 11) is 3.29. The fraction of sp³-hybridized carbons (Fsp3) is 1.00. The van der Waals surface area contributed by atoms with Gasteiger partial charge in [-0.2, -0.15) is 0 Å². The summed E-state index contributed by atoms with van der Waals surface area (Å²) in [4.78, 5) is 0. The average molecular weight is 232 g/mol. The molecule has 0 radical (unpaired) electrons. The van der Waals surface area contributed by atoms with Gasteiger partial charge in [-0.25, -0.2) is 0 Å². The second-order valence-corrected chi connectivity index (χ2v) is 4.67. The average Bonchev–Trinajstić information content (AvgIpc) is 2.27. The van der Waals surface area contributed by atoms with Crippen LogP contribution >= 0.6 is 0 Å². The van der Waals surface area contributed by atoms with Crippen LogP contribution in [0.2, 0.25) is 0 Å². The molecule has 1 unspecified atom stereocenters. The molecular formula is C12H24O4. The Morgan fingerprint density at radius 2 is 2.06 bits per heavy atom. The highest BCUT2D eigenvalue weighted by Crippen LogP contribution is 2.28. The molecule has 5 atom stereocenters. The first-order valence-electron chi connectivity index (χ1n) is 5.97. The van der Waals surface area contributed by atoms with Gasteiger partial charge < -0.3 is 19.3 Å². The van der Waals surface area contributed by atoms with Gasteiger partial charge in [-0.15, -0.1) is 0 Å². The first kappa shape index (κ1) is 13.9. The number of hydrogen-bond acceptors (Lipinski definition) is 4. The van der Waals surface area contributed by atoms with E-state index < -0.39 is 6.10 Å². The number of methoxy groups -OCH3 is 2. The highest BCUT2D eigenvalue weighted by molar-refractivity contribution is 4.76. The maximum atomic E-state index is 9.51. The molecule has 1 N–H and O–H groups in total. The van der Waals surface area contributed by atoms with Crippen LogP contribution < -0.4 is 0 Å². The molecule has 0 aliphatic carbocycles. The molecule has 0 aromatic heterocycles. The molecule has 96 valence electrons. The lowest BCUT2D eigenvalue weighted by Crippen LogP contribution is -2.39. The minimum absolute atomic E-state index is 0.120. The molecule has 1 heterocycles. The Morgan fingerprint density at radius 1 is 1.38 bits per heavy atom. The van der Waals surface area contributed by atoms with E-state index in [2.05, 4.69) is 6.92 Å². The largest absolute Gasteiger partial charge is 0.391 e. The SMILES string of the molecule is CO[C@H]1O[C@H](C[C@H](OC)C(C)O)CC[C@H]1C. The van der Waals surface area contributed by atoms with Crippen LogP contribution in [0.5, 0.6) is 0 Å². The van der Waals surface area contributed by atoms with Crippen molar-refractivity contribution in [3.05, 3.63) is 0 Å². The van der Waals surface area contributed by atoms with Crippen molar-refractivity contribution in [1.29, 1.82) is 0 Å². The standard InChI is InChI=1S/C12H24O4/c1-8-5-6-10(16-12(8)15-4)7-11(14-3)9(2)13/h8-13H,5-7H2,1-4H3/t8-,9?,10+,11+,12+/m1/s1. The third-order valence-electron chi connectivity index (χ3n) is 3.30. The molecule has 1 aliphatic heterocycles. The van der Waals surface area contributed by atoms with Crippen molar-refractivity contribution in [2.24, 2.45) is 5.92 Å². The Morgan fingerprint density at radius 3 is 2.56 bits per heavy atom. The van der Waals surface area contributed by atoms with Crippen molar-refractivity contribution in [2.75, 3.05) is 14.2 Å². The van der Waals surface area contributed by atoms with Gasteiger partial charge >= 0.3 is 0 Å². The molecule has 1 rings (SSSR count). The Kier molecular flexibility index (Phi) is 5.69. The summed E-state index contributed by atoms with van der Waals surface area (Å²) in [6.45, 7) is 3.88. The monoisotopic (exact) mass is 232 g/mol. The van der Waals surface area contributed by atoms with Crippen LogP contribution in [-0.2, 0) is 14.2 Å². The van der Waals surface area contributed by atoms with E-state index in [1.165, 1.54) is 0 Å². The van der Waals surface area contributed by atoms with Crippen LogP contribution in [0, 0.1) is 5.92 Å². The fourth-order valence-corrected chi connectivity index (χ4v) is 2.19. The Hall–Kier alpha value is -0.160. The van der Waals surface area contributed by atoms with Gasteiger partial charge in [0.1, 0.15) is 0 Å². The quantitative estimate of drug-likeness (QED) is 0.781. The van der Waals surface area contributed by atoms with E-state index in [-0.39, 0.29) is 18.5 Å². The number of rotatable bonds is 5. The Bertz CT molecular complexity index is 195. The van der Waals surface area contributed by atoms with Gasteiger partial charge in [0, 0.05) is 26.6 Å². The normalized spacial score (nSPS) is 34.7. The first-order valence-corrected chi connectivity index (χ1v) is 5.97. The second-order valence-electron chi connectivity index (χ2n) is 4.67. The van der Waals surface area contributed by atoms with E-state index in [0.717, 1.165) is 19.3 Å². The fourth-order valence-electron chi connectivity index (χ4n) is 2.19. The molecule has 4 heteroatoms. The van der Waals surface area contributed by atoms with E-state index >= 15 is 0 Å². The molecule has 1 fully saturated rings. The van der Waals surface area contributed by atoms with Gasteiger partial charge in [-0.1, -0.05) is 6.92 Å². The molecule has 1 aliphatic rings. The minimum Gasteiger partial charge on any atom is -0.391 e. The van der Waals surface area contributed by atoms with E-state index in [1.54, 1.807) is 21.1 Å². The maximum absolute atomic E-state index is 9.51. The van der Waals surface area contributed by atoms with E-state index in [9.17, 15) is 5.11 Å². The van der Waals surface area contributed by atoms with Gasteiger partial charge in [-0.05, 0) is 19.8 Å². The molecule has 0 amide bonds. The number of aliphatic hydroxyl groups excluding tert-OH is 1. The van der Waals surface area contributed by atoms with E-state index in [4.69, 9.17) is 14.2 Å². The van der Waals surface area contributed by atoms with Crippen molar-refractivity contribution < 1.29 is 19.3 Å². The molecule has 1 saturated heterocycles. The van der Waals surface area contributed by atoms with Gasteiger partial charge in [0.2, 0.25) is 0 Å². The summed E-state index contributed by atoms with van der Waals surface area (Å²) in [6.07, 6.45) is 2.21. The topological polar surface area (TPSA) is 47.9 Å². The van der Waals surface area contributed by atoms with Gasteiger partial charge in [-0.3, -0.25) is 0 Å². The summed E-state index contributed by atoms with van der Waals surface area (Å²) in [5.41, 5.74) is 0. The third-order valence-corrected chi connectivity index (χ3v) is 3.30. The van der Waals surface area contributed by atoms with E-state index in [1.807, 2.05) is 0 Å². The highest BCUT2D eigenvalue weighted by Gasteiger charge is 2.30. The smallest absolute Gasteiger partial charge is 0.160 e. The van der Waals surface area contributed by atoms with Crippen LogP contribution in [0.1, 0.15) is 33.1 Å². The zero-order valence-corrected chi connectivity index (χ0v) is 10.7. The first-order chi connectivity index (χ1) is 7.58. The third kappa shape index (κ3) is 3.70. The van der Waals surface area contributed by atoms with Gasteiger partial charge in [0.15, 0.2) is 6.29 Å². The van der Waals surface area contributed by atoms with Crippen LogP contribution in [0.4, 0.5) is 0 Å². The summed E-state index contributed by atoms with van der Waals surface area (Å²) in [6, 6.07) is 0.